The summed E-state index contributed by atoms with van der Waals surface area (Å²) in [4.78, 5) is -0.161. The molecule has 0 radical (unpaired) electrons. The lowest BCUT2D eigenvalue weighted by molar-refractivity contribution is 0.566. The first-order valence-electron chi connectivity index (χ1n) is 5.64. The monoisotopic (exact) mass is 294 g/mol. The molecule has 1 unspecified atom stereocenters. The van der Waals surface area contributed by atoms with E-state index < -0.39 is 21.9 Å². The van der Waals surface area contributed by atoms with E-state index in [-0.39, 0.29) is 10.5 Å². The molecule has 2 N–H and O–H groups in total. The van der Waals surface area contributed by atoms with E-state index >= 15 is 0 Å². The van der Waals surface area contributed by atoms with Crippen LogP contribution in [-0.2, 0) is 10.0 Å². The maximum absolute atomic E-state index is 13.2. The molecule has 1 aromatic carbocycles. The first kappa shape index (κ1) is 14.2. The van der Waals surface area contributed by atoms with Crippen LogP contribution < -0.4 is 4.72 Å². The van der Waals surface area contributed by atoms with E-state index in [1.807, 2.05) is 0 Å². The summed E-state index contributed by atoms with van der Waals surface area (Å²) in [5, 5.41) is 15.0. The molecule has 0 saturated carbocycles. The predicted octanol–water partition coefficient (Wildman–Crippen LogP) is 1.46. The van der Waals surface area contributed by atoms with Gasteiger partial charge in [0.15, 0.2) is 0 Å². The lowest BCUT2D eigenvalue weighted by Crippen LogP contribution is -2.26. The quantitative estimate of drug-likeness (QED) is 0.891. The summed E-state index contributed by atoms with van der Waals surface area (Å²) in [7, 11) is -3.84. The third kappa shape index (κ3) is 2.84. The fourth-order valence-corrected chi connectivity index (χ4v) is 2.88. The van der Waals surface area contributed by atoms with Crippen molar-refractivity contribution < 1.29 is 12.8 Å². The van der Waals surface area contributed by atoms with Crippen molar-refractivity contribution in [2.45, 2.75) is 17.9 Å². The summed E-state index contributed by atoms with van der Waals surface area (Å²) in [6, 6.07) is 4.17. The Hall–Kier alpha value is -2.24. The Morgan fingerprint density at radius 2 is 2.25 bits per heavy atom. The van der Waals surface area contributed by atoms with E-state index in [4.69, 9.17) is 5.26 Å². The predicted molar refractivity (Wildman–Crippen MR) is 68.4 cm³/mol. The fourth-order valence-electron chi connectivity index (χ4n) is 1.62. The second-order valence-electron chi connectivity index (χ2n) is 4.13. The highest BCUT2D eigenvalue weighted by molar-refractivity contribution is 7.89. The maximum Gasteiger partial charge on any atom is 0.241 e. The molecule has 2 rings (SSSR count). The van der Waals surface area contributed by atoms with Crippen LogP contribution in [0.15, 0.2) is 35.5 Å². The number of H-pyrrole nitrogens is 1. The van der Waals surface area contributed by atoms with Gasteiger partial charge in [-0.2, -0.15) is 10.4 Å². The molecule has 0 aliphatic heterocycles. The standard InChI is InChI=1S/C12H11FN4O2S/c1-8(10-6-15-16-7-10)17-20(18,19)11-2-3-12(13)9(4-11)5-14/h2-4,6-8,17H,1H3,(H,15,16). The van der Waals surface area contributed by atoms with Crippen LogP contribution in [0.4, 0.5) is 4.39 Å². The van der Waals surface area contributed by atoms with Crippen molar-refractivity contribution >= 4 is 10.0 Å². The highest BCUT2D eigenvalue weighted by Crippen LogP contribution is 2.18. The van der Waals surface area contributed by atoms with Gasteiger partial charge in [-0.25, -0.2) is 17.5 Å². The van der Waals surface area contributed by atoms with E-state index in [1.54, 1.807) is 19.2 Å². The van der Waals surface area contributed by atoms with Gasteiger partial charge in [-0.05, 0) is 25.1 Å². The summed E-state index contributed by atoms with van der Waals surface area (Å²) in [6.07, 6.45) is 3.07. The molecule has 0 amide bonds. The van der Waals surface area contributed by atoms with Gasteiger partial charge in [0.25, 0.3) is 0 Å². The Labute approximate surface area is 115 Å². The Morgan fingerprint density at radius 1 is 1.50 bits per heavy atom. The molecule has 0 bridgehead atoms. The summed E-state index contributed by atoms with van der Waals surface area (Å²) >= 11 is 0. The summed E-state index contributed by atoms with van der Waals surface area (Å²) in [6.45, 7) is 1.65. The molecule has 0 fully saturated rings. The highest BCUT2D eigenvalue weighted by atomic mass is 32.2. The second kappa shape index (κ2) is 5.40. The fraction of sp³-hybridized carbons (Fsp3) is 0.167. The van der Waals surface area contributed by atoms with Crippen LogP contribution >= 0.6 is 0 Å². The number of rotatable bonds is 4. The normalized spacial score (nSPS) is 12.8. The smallest absolute Gasteiger partial charge is 0.241 e. The third-order valence-corrected chi connectivity index (χ3v) is 4.26. The van der Waals surface area contributed by atoms with Gasteiger partial charge in [-0.3, -0.25) is 5.10 Å². The van der Waals surface area contributed by atoms with Gasteiger partial charge in [0.1, 0.15) is 11.9 Å². The Bertz CT molecular complexity index is 750. The zero-order valence-electron chi connectivity index (χ0n) is 10.5. The molecule has 2 aromatic rings. The van der Waals surface area contributed by atoms with Crippen LogP contribution in [0.25, 0.3) is 0 Å². The molecule has 0 spiro atoms. The van der Waals surface area contributed by atoms with Gasteiger partial charge in [-0.15, -0.1) is 0 Å². The third-order valence-electron chi connectivity index (χ3n) is 2.72. The molecule has 6 nitrogen and oxygen atoms in total. The molecule has 1 aromatic heterocycles. The number of halogens is 1. The van der Waals surface area contributed by atoms with Crippen LogP contribution in [0.1, 0.15) is 24.1 Å². The number of nitrogens with one attached hydrogen (secondary N) is 2. The number of hydrogen-bond donors (Lipinski definition) is 2. The molecule has 1 atom stereocenters. The summed E-state index contributed by atoms with van der Waals surface area (Å²) in [5.41, 5.74) is 0.347. The summed E-state index contributed by atoms with van der Waals surface area (Å²) < 4.78 is 39.9. The lowest BCUT2D eigenvalue weighted by Gasteiger charge is -2.12. The average molecular weight is 294 g/mol. The zero-order valence-corrected chi connectivity index (χ0v) is 11.3. The van der Waals surface area contributed by atoms with Crippen molar-refractivity contribution in [2.24, 2.45) is 0 Å². The number of sulfonamides is 1. The summed E-state index contributed by atoms with van der Waals surface area (Å²) in [5.74, 6) is -0.755. The maximum atomic E-state index is 13.2. The number of nitrogens with zero attached hydrogens (tertiary/aromatic N) is 2. The van der Waals surface area contributed by atoms with Crippen molar-refractivity contribution in [3.8, 4) is 6.07 Å². The SMILES string of the molecule is CC(NS(=O)(=O)c1ccc(F)c(C#N)c1)c1cn[nH]c1. The minimum atomic E-state index is -3.84. The Morgan fingerprint density at radius 3 is 2.85 bits per heavy atom. The van der Waals surface area contributed by atoms with Crippen LogP contribution in [-0.4, -0.2) is 18.6 Å². The lowest BCUT2D eigenvalue weighted by atomic mass is 10.2. The molecule has 1 heterocycles. The van der Waals surface area contributed by atoms with Gasteiger partial charge in [-0.1, -0.05) is 0 Å². The molecule has 0 aliphatic rings. The zero-order chi connectivity index (χ0) is 14.8. The first-order chi connectivity index (χ1) is 9.44. The second-order valence-corrected chi connectivity index (χ2v) is 5.84. The van der Waals surface area contributed by atoms with Crippen LogP contribution in [0, 0.1) is 17.1 Å². The topological polar surface area (TPSA) is 98.6 Å². The van der Waals surface area contributed by atoms with E-state index in [0.29, 0.717) is 5.56 Å². The van der Waals surface area contributed by atoms with Gasteiger partial charge >= 0.3 is 0 Å². The van der Waals surface area contributed by atoms with Crippen LogP contribution in [0.3, 0.4) is 0 Å². The molecular formula is C12H11FN4O2S. The Kier molecular flexibility index (Phi) is 3.83. The van der Waals surface area contributed by atoms with E-state index in [9.17, 15) is 12.8 Å². The minimum Gasteiger partial charge on any atom is -0.285 e. The Balaban J connectivity index is 2.29. The van der Waals surface area contributed by atoms with Gasteiger partial charge in [0.2, 0.25) is 10.0 Å². The van der Waals surface area contributed by atoms with Crippen molar-refractivity contribution in [3.05, 3.63) is 47.5 Å². The van der Waals surface area contributed by atoms with Crippen LogP contribution in [0.2, 0.25) is 0 Å². The van der Waals surface area contributed by atoms with Crippen LogP contribution in [0.5, 0.6) is 0 Å². The highest BCUT2D eigenvalue weighted by Gasteiger charge is 2.20. The van der Waals surface area contributed by atoms with E-state index in [0.717, 1.165) is 18.2 Å². The molecule has 0 saturated heterocycles. The molecule has 20 heavy (non-hydrogen) atoms. The van der Waals surface area contributed by atoms with Gasteiger partial charge in [0.05, 0.1) is 16.7 Å². The van der Waals surface area contributed by atoms with Gasteiger partial charge in [0, 0.05) is 17.8 Å². The number of hydrogen-bond acceptors (Lipinski definition) is 4. The van der Waals surface area contributed by atoms with E-state index in [2.05, 4.69) is 14.9 Å². The van der Waals surface area contributed by atoms with Crippen molar-refractivity contribution in [1.82, 2.24) is 14.9 Å². The average Bonchev–Trinajstić information content (AvgIpc) is 2.92. The van der Waals surface area contributed by atoms with Crippen molar-refractivity contribution in [3.63, 3.8) is 0 Å². The molecule has 0 aliphatic carbocycles. The van der Waals surface area contributed by atoms with Gasteiger partial charge < -0.3 is 0 Å². The largest absolute Gasteiger partial charge is 0.285 e. The van der Waals surface area contributed by atoms with E-state index in [1.165, 1.54) is 6.20 Å². The molecular weight excluding hydrogens is 283 g/mol. The number of benzene rings is 1. The minimum absolute atomic E-state index is 0.161. The number of aromatic amines is 1. The molecule has 104 valence electrons. The molecule has 8 heteroatoms. The van der Waals surface area contributed by atoms with Crippen molar-refractivity contribution in [2.75, 3.05) is 0 Å². The van der Waals surface area contributed by atoms with Crippen molar-refractivity contribution in [1.29, 1.82) is 5.26 Å². The first-order valence-corrected chi connectivity index (χ1v) is 7.13. The number of nitriles is 1. The number of aromatic nitrogens is 2.